The van der Waals surface area contributed by atoms with Crippen molar-refractivity contribution in [2.75, 3.05) is 27.7 Å². The minimum Gasteiger partial charge on any atom is -0.496 e. The van der Waals surface area contributed by atoms with Crippen LogP contribution in [0, 0.1) is 5.82 Å². The van der Waals surface area contributed by atoms with Crippen molar-refractivity contribution in [1.29, 1.82) is 0 Å². The number of benzene rings is 1. The third-order valence-corrected chi connectivity index (χ3v) is 4.46. The van der Waals surface area contributed by atoms with Crippen molar-refractivity contribution in [3.8, 4) is 5.75 Å². The Kier molecular flexibility index (Phi) is 6.62. The Morgan fingerprint density at radius 2 is 2.00 bits per heavy atom. The highest BCUT2D eigenvalue weighted by atomic mass is 19.1. The number of nitrogens with one attached hydrogen (secondary N) is 1. The van der Waals surface area contributed by atoms with Crippen LogP contribution in [-0.4, -0.2) is 38.2 Å². The summed E-state index contributed by atoms with van der Waals surface area (Å²) in [4.78, 5) is 2.20. The number of nitrogens with zero attached hydrogens (tertiary/aromatic N) is 1. The van der Waals surface area contributed by atoms with Crippen molar-refractivity contribution in [1.82, 2.24) is 10.2 Å². The lowest BCUT2D eigenvalue weighted by atomic mass is 9.83. The average molecular weight is 296 g/mol. The lowest BCUT2D eigenvalue weighted by Gasteiger charge is -2.43. The van der Waals surface area contributed by atoms with Gasteiger partial charge in [0.25, 0.3) is 0 Å². The van der Waals surface area contributed by atoms with Crippen LogP contribution < -0.4 is 10.1 Å². The highest BCUT2D eigenvalue weighted by Gasteiger charge is 2.37. The van der Waals surface area contributed by atoms with E-state index in [-0.39, 0.29) is 17.4 Å². The molecule has 0 saturated heterocycles. The zero-order chi connectivity index (χ0) is 16.0. The predicted octanol–water partition coefficient (Wildman–Crippen LogP) is 3.61. The number of hydrogen-bond donors (Lipinski definition) is 1. The molecule has 0 heterocycles. The van der Waals surface area contributed by atoms with Gasteiger partial charge in [-0.2, -0.15) is 0 Å². The molecule has 1 aromatic rings. The van der Waals surface area contributed by atoms with E-state index in [1.807, 2.05) is 0 Å². The SMILES string of the molecule is CCCNC(c1cc(F)ccc1OC)C(C)(CC)N(C)C. The maximum atomic E-state index is 13.8. The van der Waals surface area contributed by atoms with Gasteiger partial charge in [-0.3, -0.25) is 0 Å². The number of methoxy groups -OCH3 is 1. The maximum Gasteiger partial charge on any atom is 0.123 e. The second-order valence-corrected chi connectivity index (χ2v) is 5.88. The second kappa shape index (κ2) is 7.76. The molecule has 4 heteroatoms. The summed E-state index contributed by atoms with van der Waals surface area (Å²) in [6.07, 6.45) is 1.97. The van der Waals surface area contributed by atoms with Crippen molar-refractivity contribution in [2.24, 2.45) is 0 Å². The Balaban J connectivity index is 3.33. The van der Waals surface area contributed by atoms with Gasteiger partial charge in [0.15, 0.2) is 0 Å². The summed E-state index contributed by atoms with van der Waals surface area (Å²) in [6, 6.07) is 4.74. The van der Waals surface area contributed by atoms with Gasteiger partial charge in [-0.05, 0) is 58.6 Å². The fourth-order valence-corrected chi connectivity index (χ4v) is 2.66. The molecule has 1 aromatic carbocycles. The third kappa shape index (κ3) is 3.95. The van der Waals surface area contributed by atoms with Crippen LogP contribution in [0.3, 0.4) is 0 Å². The van der Waals surface area contributed by atoms with Crippen molar-refractivity contribution < 1.29 is 9.13 Å². The van der Waals surface area contributed by atoms with E-state index in [2.05, 4.69) is 45.1 Å². The monoisotopic (exact) mass is 296 g/mol. The van der Waals surface area contributed by atoms with Gasteiger partial charge in [0.1, 0.15) is 11.6 Å². The molecular weight excluding hydrogens is 267 g/mol. The van der Waals surface area contributed by atoms with E-state index < -0.39 is 0 Å². The number of likely N-dealkylation sites (N-methyl/N-ethyl adjacent to an activating group) is 1. The maximum absolute atomic E-state index is 13.8. The molecule has 0 aliphatic carbocycles. The van der Waals surface area contributed by atoms with Gasteiger partial charge in [0.05, 0.1) is 13.2 Å². The molecule has 120 valence electrons. The number of hydrogen-bond acceptors (Lipinski definition) is 3. The van der Waals surface area contributed by atoms with E-state index in [0.717, 1.165) is 30.7 Å². The Morgan fingerprint density at radius 1 is 1.33 bits per heavy atom. The fraction of sp³-hybridized carbons (Fsp3) is 0.647. The van der Waals surface area contributed by atoms with E-state index >= 15 is 0 Å². The minimum absolute atomic E-state index is 0.00287. The quantitative estimate of drug-likeness (QED) is 0.793. The lowest BCUT2D eigenvalue weighted by molar-refractivity contribution is 0.111. The van der Waals surface area contributed by atoms with Crippen molar-refractivity contribution in [3.05, 3.63) is 29.6 Å². The van der Waals surface area contributed by atoms with Crippen molar-refractivity contribution in [3.63, 3.8) is 0 Å². The van der Waals surface area contributed by atoms with Gasteiger partial charge in [0.2, 0.25) is 0 Å². The van der Waals surface area contributed by atoms with E-state index in [1.165, 1.54) is 6.07 Å². The zero-order valence-corrected chi connectivity index (χ0v) is 14.2. The highest BCUT2D eigenvalue weighted by molar-refractivity contribution is 5.38. The minimum atomic E-state index is -0.230. The Hall–Kier alpha value is -1.13. The van der Waals surface area contributed by atoms with E-state index in [9.17, 15) is 4.39 Å². The second-order valence-electron chi connectivity index (χ2n) is 5.88. The molecule has 0 aliphatic rings. The summed E-state index contributed by atoms with van der Waals surface area (Å²) in [5.74, 6) is 0.498. The molecule has 1 rings (SSSR count). The van der Waals surface area contributed by atoms with Gasteiger partial charge < -0.3 is 15.0 Å². The van der Waals surface area contributed by atoms with Crippen LogP contribution >= 0.6 is 0 Å². The summed E-state index contributed by atoms with van der Waals surface area (Å²) < 4.78 is 19.2. The predicted molar refractivity (Wildman–Crippen MR) is 86.4 cm³/mol. The lowest BCUT2D eigenvalue weighted by Crippen LogP contribution is -2.51. The van der Waals surface area contributed by atoms with Crippen LogP contribution in [0.2, 0.25) is 0 Å². The van der Waals surface area contributed by atoms with Crippen LogP contribution in [-0.2, 0) is 0 Å². The van der Waals surface area contributed by atoms with Gasteiger partial charge in [0, 0.05) is 11.1 Å². The molecular formula is C17H29FN2O. The fourth-order valence-electron chi connectivity index (χ4n) is 2.66. The molecule has 3 nitrogen and oxygen atoms in total. The Labute approximate surface area is 128 Å². The van der Waals surface area contributed by atoms with Crippen molar-refractivity contribution >= 4 is 0 Å². The summed E-state index contributed by atoms with van der Waals surface area (Å²) in [5, 5.41) is 3.57. The van der Waals surface area contributed by atoms with Crippen molar-refractivity contribution in [2.45, 2.75) is 45.2 Å². The molecule has 2 unspecified atom stereocenters. The molecule has 0 amide bonds. The van der Waals surface area contributed by atoms with Crippen LogP contribution in [0.1, 0.15) is 45.2 Å². The Bertz CT molecular complexity index is 450. The largest absolute Gasteiger partial charge is 0.496 e. The molecule has 0 aliphatic heterocycles. The number of rotatable bonds is 8. The topological polar surface area (TPSA) is 24.5 Å². The van der Waals surface area contributed by atoms with Crippen LogP contribution in [0.25, 0.3) is 0 Å². The molecule has 0 aromatic heterocycles. The molecule has 0 spiro atoms. The smallest absolute Gasteiger partial charge is 0.123 e. The third-order valence-electron chi connectivity index (χ3n) is 4.46. The molecule has 0 fully saturated rings. The average Bonchev–Trinajstić information content (AvgIpc) is 2.47. The number of halogens is 1. The van der Waals surface area contributed by atoms with Crippen LogP contribution in [0.15, 0.2) is 18.2 Å². The molecule has 1 N–H and O–H groups in total. The van der Waals surface area contributed by atoms with Gasteiger partial charge in [-0.15, -0.1) is 0 Å². The molecule has 0 radical (unpaired) electrons. The number of ether oxygens (including phenoxy) is 1. The van der Waals surface area contributed by atoms with E-state index in [0.29, 0.717) is 0 Å². The normalized spacial score (nSPS) is 15.8. The standard InChI is InChI=1S/C17H29FN2O/c1-7-11-19-16(17(3,8-2)20(4)5)14-12-13(18)9-10-15(14)21-6/h9-10,12,16,19H,7-8,11H2,1-6H3. The summed E-state index contributed by atoms with van der Waals surface area (Å²) >= 11 is 0. The summed E-state index contributed by atoms with van der Waals surface area (Å²) in [7, 11) is 5.76. The van der Waals surface area contributed by atoms with Crippen LogP contribution in [0.5, 0.6) is 5.75 Å². The molecule has 21 heavy (non-hydrogen) atoms. The van der Waals surface area contributed by atoms with Gasteiger partial charge in [-0.1, -0.05) is 13.8 Å². The first-order valence-corrected chi connectivity index (χ1v) is 7.64. The van der Waals surface area contributed by atoms with Crippen LogP contribution in [0.4, 0.5) is 4.39 Å². The molecule has 2 atom stereocenters. The highest BCUT2D eigenvalue weighted by Crippen LogP contribution is 2.37. The first kappa shape index (κ1) is 17.9. The van der Waals surface area contributed by atoms with E-state index in [4.69, 9.17) is 4.74 Å². The summed E-state index contributed by atoms with van der Waals surface area (Å²) in [6.45, 7) is 7.37. The summed E-state index contributed by atoms with van der Waals surface area (Å²) in [5.41, 5.74) is 0.750. The Morgan fingerprint density at radius 3 is 2.48 bits per heavy atom. The molecule has 0 saturated carbocycles. The first-order chi connectivity index (χ1) is 9.90. The molecule has 0 bridgehead atoms. The zero-order valence-electron chi connectivity index (χ0n) is 14.2. The van der Waals surface area contributed by atoms with Gasteiger partial charge in [-0.25, -0.2) is 4.39 Å². The van der Waals surface area contributed by atoms with E-state index in [1.54, 1.807) is 19.2 Å². The van der Waals surface area contributed by atoms with Gasteiger partial charge >= 0.3 is 0 Å². The first-order valence-electron chi connectivity index (χ1n) is 7.64.